The highest BCUT2D eigenvalue weighted by Crippen LogP contribution is 2.38. The Kier molecular flexibility index (Phi) is 2.77. The van der Waals surface area contributed by atoms with Crippen LogP contribution in [-0.4, -0.2) is 11.9 Å². The lowest BCUT2D eigenvalue weighted by Gasteiger charge is -2.33. The molecule has 1 aromatic carbocycles. The number of hydrogen-bond acceptors (Lipinski definition) is 3. The maximum Gasteiger partial charge on any atom is 0.346 e. The summed E-state index contributed by atoms with van der Waals surface area (Å²) in [7, 11) is 0. The summed E-state index contributed by atoms with van der Waals surface area (Å²) in [4.78, 5) is 23.6. The quantitative estimate of drug-likeness (QED) is 0.581. The van der Waals surface area contributed by atoms with E-state index in [2.05, 4.69) is 13.8 Å². The fourth-order valence-electron chi connectivity index (χ4n) is 2.51. The van der Waals surface area contributed by atoms with Crippen LogP contribution in [0.25, 0.3) is 0 Å². The number of carbonyl (C=O) groups is 2. The molecule has 0 saturated carbocycles. The Labute approximate surface area is 101 Å². The summed E-state index contributed by atoms with van der Waals surface area (Å²) in [6, 6.07) is 7.19. The Morgan fingerprint density at radius 3 is 2.53 bits per heavy atom. The van der Waals surface area contributed by atoms with E-state index in [1.807, 2.05) is 19.1 Å². The van der Waals surface area contributed by atoms with E-state index in [-0.39, 0.29) is 0 Å². The third-order valence-corrected chi connectivity index (χ3v) is 3.19. The van der Waals surface area contributed by atoms with Gasteiger partial charge in [0.25, 0.3) is 0 Å². The molecule has 2 rings (SSSR count). The van der Waals surface area contributed by atoms with Crippen LogP contribution in [0, 0.1) is 5.92 Å². The van der Waals surface area contributed by atoms with E-state index in [4.69, 9.17) is 4.74 Å². The summed E-state index contributed by atoms with van der Waals surface area (Å²) in [5.74, 6) is -0.615. The maximum atomic E-state index is 12.0. The van der Waals surface area contributed by atoms with Gasteiger partial charge in [-0.25, -0.2) is 4.79 Å². The van der Waals surface area contributed by atoms with Crippen molar-refractivity contribution in [2.75, 3.05) is 0 Å². The summed E-state index contributed by atoms with van der Waals surface area (Å²) < 4.78 is 4.85. The van der Waals surface area contributed by atoms with Crippen LogP contribution in [0.15, 0.2) is 24.3 Å². The zero-order chi connectivity index (χ0) is 12.6. The van der Waals surface area contributed by atoms with Gasteiger partial charge in [-0.05, 0) is 30.9 Å². The van der Waals surface area contributed by atoms with Gasteiger partial charge >= 0.3 is 11.9 Å². The second-order valence-electron chi connectivity index (χ2n) is 5.15. The predicted molar refractivity (Wildman–Crippen MR) is 63.7 cm³/mol. The molecule has 0 aliphatic carbocycles. The average molecular weight is 232 g/mol. The molecule has 0 unspecified atom stereocenters. The Balaban J connectivity index is 2.56. The molecule has 1 aliphatic heterocycles. The normalized spacial score (nSPS) is 23.5. The summed E-state index contributed by atoms with van der Waals surface area (Å²) in [5.41, 5.74) is 0.587. The number of hydrogen-bond donors (Lipinski definition) is 0. The number of rotatable bonds is 2. The second kappa shape index (κ2) is 3.99. The van der Waals surface area contributed by atoms with Gasteiger partial charge in [-0.2, -0.15) is 0 Å². The molecule has 0 fully saturated rings. The van der Waals surface area contributed by atoms with Crippen LogP contribution in [0.2, 0.25) is 0 Å². The van der Waals surface area contributed by atoms with Crippen LogP contribution in [0.3, 0.4) is 0 Å². The fourth-order valence-corrected chi connectivity index (χ4v) is 2.51. The first-order valence-electron chi connectivity index (χ1n) is 5.81. The first-order valence-corrected chi connectivity index (χ1v) is 5.81. The summed E-state index contributed by atoms with van der Waals surface area (Å²) in [6.45, 7) is 5.95. The molecule has 1 heterocycles. The molecule has 0 N–H and O–H groups in total. The Bertz CT molecular complexity index is 476. The molecule has 0 aromatic heterocycles. The zero-order valence-corrected chi connectivity index (χ0v) is 10.3. The molecule has 17 heavy (non-hydrogen) atoms. The number of benzene rings is 1. The molecule has 1 atom stereocenters. The minimum atomic E-state index is -0.710. The standard InChI is InChI=1S/C14H16O3/c1-9(2)8-14(3)11-7-5-4-6-10(11)12(15)17-13(14)16/h4-7,9H,8H2,1-3H3/t14-/m0/s1. The monoisotopic (exact) mass is 232 g/mol. The molecule has 0 saturated heterocycles. The molecule has 3 nitrogen and oxygen atoms in total. The average Bonchev–Trinajstić information content (AvgIpc) is 2.26. The van der Waals surface area contributed by atoms with Crippen molar-refractivity contribution in [1.82, 2.24) is 0 Å². The Morgan fingerprint density at radius 2 is 1.88 bits per heavy atom. The second-order valence-corrected chi connectivity index (χ2v) is 5.15. The Morgan fingerprint density at radius 1 is 1.24 bits per heavy atom. The van der Waals surface area contributed by atoms with Gasteiger partial charge in [0, 0.05) is 0 Å². The molecule has 1 aromatic rings. The van der Waals surface area contributed by atoms with E-state index in [0.717, 1.165) is 5.56 Å². The summed E-state index contributed by atoms with van der Waals surface area (Å²) in [6.07, 6.45) is 0.677. The van der Waals surface area contributed by atoms with Gasteiger partial charge in [0.15, 0.2) is 0 Å². The number of cyclic esters (lactones) is 2. The van der Waals surface area contributed by atoms with Gasteiger partial charge in [-0.15, -0.1) is 0 Å². The van der Waals surface area contributed by atoms with Crippen molar-refractivity contribution in [2.45, 2.75) is 32.6 Å². The van der Waals surface area contributed by atoms with E-state index < -0.39 is 17.4 Å². The molecule has 0 amide bonds. The molecular formula is C14H16O3. The number of carbonyl (C=O) groups excluding carboxylic acids is 2. The van der Waals surface area contributed by atoms with Crippen LogP contribution in [0.5, 0.6) is 0 Å². The first kappa shape index (κ1) is 11.8. The third-order valence-electron chi connectivity index (χ3n) is 3.19. The van der Waals surface area contributed by atoms with Crippen molar-refractivity contribution in [3.05, 3.63) is 35.4 Å². The van der Waals surface area contributed by atoms with Crippen LogP contribution < -0.4 is 0 Å². The van der Waals surface area contributed by atoms with Gasteiger partial charge in [0.1, 0.15) is 0 Å². The van der Waals surface area contributed by atoms with Crippen molar-refractivity contribution in [1.29, 1.82) is 0 Å². The largest absolute Gasteiger partial charge is 0.389 e. The molecule has 0 radical (unpaired) electrons. The van der Waals surface area contributed by atoms with Gasteiger partial charge in [0.05, 0.1) is 11.0 Å². The first-order chi connectivity index (χ1) is 7.95. The van der Waals surface area contributed by atoms with Crippen LogP contribution in [0.4, 0.5) is 0 Å². The highest BCUT2D eigenvalue weighted by molar-refractivity contribution is 6.05. The molecule has 0 spiro atoms. The van der Waals surface area contributed by atoms with E-state index in [1.165, 1.54) is 0 Å². The van der Waals surface area contributed by atoms with Gasteiger partial charge < -0.3 is 4.74 Å². The maximum absolute atomic E-state index is 12.0. The minimum Gasteiger partial charge on any atom is -0.389 e. The van der Waals surface area contributed by atoms with Crippen LogP contribution in [0.1, 0.15) is 43.1 Å². The van der Waals surface area contributed by atoms with Crippen molar-refractivity contribution in [2.24, 2.45) is 5.92 Å². The van der Waals surface area contributed by atoms with Crippen molar-refractivity contribution >= 4 is 11.9 Å². The zero-order valence-electron chi connectivity index (χ0n) is 10.3. The predicted octanol–water partition coefficient (Wildman–Crippen LogP) is 2.69. The van der Waals surface area contributed by atoms with E-state index in [0.29, 0.717) is 17.9 Å². The molecule has 90 valence electrons. The molecule has 1 aliphatic rings. The summed E-state index contributed by atoms with van der Waals surface area (Å²) in [5, 5.41) is 0. The molecular weight excluding hydrogens is 216 g/mol. The van der Waals surface area contributed by atoms with Crippen molar-refractivity contribution in [3.8, 4) is 0 Å². The number of fused-ring (bicyclic) bond motifs is 1. The topological polar surface area (TPSA) is 43.4 Å². The lowest BCUT2D eigenvalue weighted by atomic mass is 9.73. The molecule has 3 heteroatoms. The minimum absolute atomic E-state index is 0.355. The smallest absolute Gasteiger partial charge is 0.346 e. The number of ether oxygens (including phenoxy) is 1. The van der Waals surface area contributed by atoms with Gasteiger partial charge in [0.2, 0.25) is 0 Å². The lowest BCUT2D eigenvalue weighted by Crippen LogP contribution is -2.42. The van der Waals surface area contributed by atoms with Crippen molar-refractivity contribution < 1.29 is 14.3 Å². The SMILES string of the molecule is CC(C)C[C@]1(C)C(=O)OC(=O)c2ccccc21. The van der Waals surface area contributed by atoms with E-state index in [9.17, 15) is 9.59 Å². The van der Waals surface area contributed by atoms with Gasteiger partial charge in [-0.1, -0.05) is 32.0 Å². The van der Waals surface area contributed by atoms with E-state index in [1.54, 1.807) is 12.1 Å². The van der Waals surface area contributed by atoms with E-state index >= 15 is 0 Å². The lowest BCUT2D eigenvalue weighted by molar-refractivity contribution is -0.145. The summed E-state index contributed by atoms with van der Waals surface area (Å²) >= 11 is 0. The third kappa shape index (κ3) is 1.86. The number of esters is 2. The highest BCUT2D eigenvalue weighted by atomic mass is 16.6. The Hall–Kier alpha value is -1.64. The fraction of sp³-hybridized carbons (Fsp3) is 0.429. The van der Waals surface area contributed by atoms with Gasteiger partial charge in [-0.3, -0.25) is 4.79 Å². The van der Waals surface area contributed by atoms with Crippen LogP contribution >= 0.6 is 0 Å². The molecule has 0 bridgehead atoms. The van der Waals surface area contributed by atoms with Crippen LogP contribution in [-0.2, 0) is 14.9 Å². The highest BCUT2D eigenvalue weighted by Gasteiger charge is 2.45. The van der Waals surface area contributed by atoms with Crippen molar-refractivity contribution in [3.63, 3.8) is 0 Å².